The molecule has 0 saturated heterocycles. The lowest BCUT2D eigenvalue weighted by Gasteiger charge is -2.13. The summed E-state index contributed by atoms with van der Waals surface area (Å²) in [5, 5.41) is 4.11. The largest absolute Gasteiger partial charge is 0.493 e. The van der Waals surface area contributed by atoms with Crippen molar-refractivity contribution < 1.29 is 14.3 Å². The van der Waals surface area contributed by atoms with Gasteiger partial charge in [0.25, 0.3) is 5.91 Å². The number of thiazole rings is 1. The first kappa shape index (κ1) is 22.8. The van der Waals surface area contributed by atoms with E-state index in [4.69, 9.17) is 9.47 Å². The van der Waals surface area contributed by atoms with Crippen molar-refractivity contribution in [2.24, 2.45) is 5.10 Å². The van der Waals surface area contributed by atoms with Crippen molar-refractivity contribution in [3.63, 3.8) is 0 Å². The van der Waals surface area contributed by atoms with E-state index in [9.17, 15) is 4.79 Å². The zero-order valence-electron chi connectivity index (χ0n) is 18.3. The molecule has 168 valence electrons. The standard InChI is InChI=1S/C25H23N3O3S2/c1-17-7-5-8-18(13-17)15-31-24-19(9-6-11-21(24)30-2)14-26-28-23(29)16-32-25-27-20-10-3-4-12-22(20)33-25/h3-14H,15-16H2,1-2H3,(H,28,29)/b26-14+. The van der Waals surface area contributed by atoms with Gasteiger partial charge in [-0.1, -0.05) is 59.8 Å². The average molecular weight is 478 g/mol. The molecule has 0 spiro atoms. The number of carbonyl (C=O) groups is 1. The summed E-state index contributed by atoms with van der Waals surface area (Å²) in [5.74, 6) is 1.19. The molecule has 1 N–H and O–H groups in total. The van der Waals surface area contributed by atoms with Gasteiger partial charge in [0.05, 0.1) is 29.3 Å². The number of hydrazone groups is 1. The molecule has 0 atom stereocenters. The smallest absolute Gasteiger partial charge is 0.250 e. The van der Waals surface area contributed by atoms with Crippen LogP contribution >= 0.6 is 23.1 Å². The van der Waals surface area contributed by atoms with Gasteiger partial charge < -0.3 is 9.47 Å². The third-order valence-electron chi connectivity index (χ3n) is 4.69. The molecule has 0 saturated carbocycles. The van der Waals surface area contributed by atoms with Gasteiger partial charge in [0.2, 0.25) is 0 Å². The zero-order valence-corrected chi connectivity index (χ0v) is 19.9. The topological polar surface area (TPSA) is 72.8 Å². The van der Waals surface area contributed by atoms with Crippen LogP contribution in [0.5, 0.6) is 11.5 Å². The number of thioether (sulfide) groups is 1. The van der Waals surface area contributed by atoms with Crippen molar-refractivity contribution in [1.29, 1.82) is 0 Å². The van der Waals surface area contributed by atoms with E-state index in [1.165, 1.54) is 17.3 Å². The minimum Gasteiger partial charge on any atom is -0.493 e. The molecule has 0 aliphatic carbocycles. The number of hydrogen-bond donors (Lipinski definition) is 1. The normalized spacial score (nSPS) is 11.1. The number of nitrogens with one attached hydrogen (secondary N) is 1. The SMILES string of the molecule is COc1cccc(/C=N/NC(=O)CSc2nc3ccccc3s2)c1OCc1cccc(C)c1. The summed E-state index contributed by atoms with van der Waals surface area (Å²) in [4.78, 5) is 16.8. The Labute approximate surface area is 200 Å². The number of nitrogens with zero attached hydrogens (tertiary/aromatic N) is 2. The molecular formula is C25H23N3O3S2. The highest BCUT2D eigenvalue weighted by molar-refractivity contribution is 8.01. The molecule has 1 heterocycles. The Kier molecular flexibility index (Phi) is 7.59. The minimum absolute atomic E-state index is 0.208. The second-order valence-electron chi connectivity index (χ2n) is 7.19. The van der Waals surface area contributed by atoms with Gasteiger partial charge in [-0.25, -0.2) is 10.4 Å². The Hall–Kier alpha value is -3.36. The Bertz CT molecular complexity index is 1250. The van der Waals surface area contributed by atoms with Gasteiger partial charge in [0, 0.05) is 5.56 Å². The number of benzene rings is 3. The summed E-state index contributed by atoms with van der Waals surface area (Å²) in [6, 6.07) is 21.6. The van der Waals surface area contributed by atoms with Gasteiger partial charge >= 0.3 is 0 Å². The van der Waals surface area contributed by atoms with Crippen LogP contribution < -0.4 is 14.9 Å². The molecule has 0 bridgehead atoms. The molecular weight excluding hydrogens is 454 g/mol. The van der Waals surface area contributed by atoms with E-state index in [1.54, 1.807) is 24.7 Å². The number of para-hydroxylation sites is 2. The van der Waals surface area contributed by atoms with E-state index >= 15 is 0 Å². The van der Waals surface area contributed by atoms with Crippen molar-refractivity contribution in [2.75, 3.05) is 12.9 Å². The number of amides is 1. The third kappa shape index (κ3) is 6.12. The first-order chi connectivity index (χ1) is 16.1. The Balaban J connectivity index is 1.37. The second-order valence-corrected chi connectivity index (χ2v) is 9.44. The Morgan fingerprint density at radius 1 is 1.15 bits per heavy atom. The number of ether oxygens (including phenoxy) is 2. The van der Waals surface area contributed by atoms with Crippen LogP contribution in [0.3, 0.4) is 0 Å². The van der Waals surface area contributed by atoms with Crippen LogP contribution in [0, 0.1) is 6.92 Å². The van der Waals surface area contributed by atoms with Gasteiger partial charge in [0.1, 0.15) is 6.61 Å². The van der Waals surface area contributed by atoms with E-state index in [0.717, 1.165) is 20.1 Å². The van der Waals surface area contributed by atoms with Crippen LogP contribution in [-0.2, 0) is 11.4 Å². The summed E-state index contributed by atoms with van der Waals surface area (Å²) in [6.07, 6.45) is 1.56. The second kappa shape index (κ2) is 11.0. The first-order valence-corrected chi connectivity index (χ1v) is 12.1. The third-order valence-corrected chi connectivity index (χ3v) is 6.87. The molecule has 0 aliphatic heterocycles. The highest BCUT2D eigenvalue weighted by atomic mass is 32.2. The quantitative estimate of drug-likeness (QED) is 0.198. The fourth-order valence-corrected chi connectivity index (χ4v) is 5.01. The molecule has 6 nitrogen and oxygen atoms in total. The van der Waals surface area contributed by atoms with Crippen LogP contribution in [-0.4, -0.2) is 30.0 Å². The van der Waals surface area contributed by atoms with Gasteiger partial charge in [-0.2, -0.15) is 5.10 Å². The average Bonchev–Trinajstić information content (AvgIpc) is 3.25. The monoisotopic (exact) mass is 477 g/mol. The van der Waals surface area contributed by atoms with Gasteiger partial charge in [-0.3, -0.25) is 4.79 Å². The molecule has 0 unspecified atom stereocenters. The minimum atomic E-state index is -0.208. The van der Waals surface area contributed by atoms with Crippen molar-refractivity contribution in [3.05, 3.63) is 83.4 Å². The van der Waals surface area contributed by atoms with E-state index in [0.29, 0.717) is 23.7 Å². The van der Waals surface area contributed by atoms with Gasteiger partial charge in [0.15, 0.2) is 15.8 Å². The number of aromatic nitrogens is 1. The lowest BCUT2D eigenvalue weighted by Crippen LogP contribution is -2.19. The van der Waals surface area contributed by atoms with E-state index in [1.807, 2.05) is 67.6 Å². The van der Waals surface area contributed by atoms with E-state index in [-0.39, 0.29) is 11.7 Å². The van der Waals surface area contributed by atoms with E-state index in [2.05, 4.69) is 21.6 Å². The molecule has 8 heteroatoms. The van der Waals surface area contributed by atoms with Crippen LogP contribution in [0.4, 0.5) is 0 Å². The van der Waals surface area contributed by atoms with Crippen molar-refractivity contribution in [2.45, 2.75) is 17.9 Å². The molecule has 1 aromatic heterocycles. The summed E-state index contributed by atoms with van der Waals surface area (Å²) in [7, 11) is 1.59. The number of aryl methyl sites for hydroxylation is 1. The summed E-state index contributed by atoms with van der Waals surface area (Å²) < 4.78 is 13.5. The predicted molar refractivity (Wildman–Crippen MR) is 135 cm³/mol. The highest BCUT2D eigenvalue weighted by Gasteiger charge is 2.11. The van der Waals surface area contributed by atoms with Crippen molar-refractivity contribution >= 4 is 45.4 Å². The fourth-order valence-electron chi connectivity index (χ4n) is 3.15. The van der Waals surface area contributed by atoms with Crippen LogP contribution in [0.25, 0.3) is 10.2 Å². The molecule has 3 aromatic carbocycles. The molecule has 4 rings (SSSR count). The maximum absolute atomic E-state index is 12.2. The van der Waals surface area contributed by atoms with E-state index < -0.39 is 0 Å². The Morgan fingerprint density at radius 3 is 2.82 bits per heavy atom. The van der Waals surface area contributed by atoms with Gasteiger partial charge in [-0.05, 0) is 36.8 Å². The fraction of sp³-hybridized carbons (Fsp3) is 0.160. The summed E-state index contributed by atoms with van der Waals surface area (Å²) in [5.41, 5.74) is 6.45. The number of carbonyl (C=O) groups excluding carboxylic acids is 1. The lowest BCUT2D eigenvalue weighted by atomic mass is 10.1. The molecule has 4 aromatic rings. The number of fused-ring (bicyclic) bond motifs is 1. The summed E-state index contributed by atoms with van der Waals surface area (Å²) >= 11 is 2.97. The molecule has 0 fully saturated rings. The zero-order chi connectivity index (χ0) is 23.0. The highest BCUT2D eigenvalue weighted by Crippen LogP contribution is 2.31. The van der Waals surface area contributed by atoms with Gasteiger partial charge in [-0.15, -0.1) is 11.3 Å². The van der Waals surface area contributed by atoms with Crippen LogP contribution in [0.2, 0.25) is 0 Å². The van der Waals surface area contributed by atoms with Crippen LogP contribution in [0.15, 0.2) is 76.2 Å². The summed E-state index contributed by atoms with van der Waals surface area (Å²) in [6.45, 7) is 2.44. The number of methoxy groups -OCH3 is 1. The van der Waals surface area contributed by atoms with Crippen LogP contribution in [0.1, 0.15) is 16.7 Å². The number of rotatable bonds is 9. The maximum Gasteiger partial charge on any atom is 0.250 e. The molecule has 0 radical (unpaired) electrons. The first-order valence-electron chi connectivity index (χ1n) is 10.3. The predicted octanol–water partition coefficient (Wildman–Crippen LogP) is 5.43. The lowest BCUT2D eigenvalue weighted by molar-refractivity contribution is -0.118. The van der Waals surface area contributed by atoms with Crippen molar-refractivity contribution in [1.82, 2.24) is 10.4 Å². The van der Waals surface area contributed by atoms with Crippen molar-refractivity contribution in [3.8, 4) is 11.5 Å². The molecule has 1 amide bonds. The maximum atomic E-state index is 12.2. The number of hydrogen-bond acceptors (Lipinski definition) is 7. The molecule has 0 aliphatic rings. The Morgan fingerprint density at radius 2 is 2.00 bits per heavy atom. The molecule has 33 heavy (non-hydrogen) atoms.